The minimum atomic E-state index is -0.287. The first kappa shape index (κ1) is 15.9. The van der Waals surface area contributed by atoms with Gasteiger partial charge in [0.2, 0.25) is 0 Å². The van der Waals surface area contributed by atoms with Gasteiger partial charge in [0.25, 0.3) is 0 Å². The van der Waals surface area contributed by atoms with Crippen molar-refractivity contribution in [3.05, 3.63) is 71.0 Å². The SMILES string of the molecule is O=C(NCc1ccccc1)NCc1nnnn1-c1ccc(Cl)cc1. The van der Waals surface area contributed by atoms with Crippen LogP contribution >= 0.6 is 11.6 Å². The van der Waals surface area contributed by atoms with E-state index >= 15 is 0 Å². The molecule has 1 heterocycles. The van der Waals surface area contributed by atoms with Crippen LogP contribution < -0.4 is 10.6 Å². The molecule has 8 heteroatoms. The third-order valence-corrected chi connectivity index (χ3v) is 3.56. The average molecular weight is 343 g/mol. The van der Waals surface area contributed by atoms with E-state index in [2.05, 4.69) is 26.2 Å². The fourth-order valence-electron chi connectivity index (χ4n) is 2.10. The second kappa shape index (κ2) is 7.56. The monoisotopic (exact) mass is 342 g/mol. The maximum atomic E-state index is 11.9. The summed E-state index contributed by atoms with van der Waals surface area (Å²) < 4.78 is 1.55. The number of carbonyl (C=O) groups excluding carboxylic acids is 1. The van der Waals surface area contributed by atoms with Crippen molar-refractivity contribution in [3.63, 3.8) is 0 Å². The van der Waals surface area contributed by atoms with Crippen molar-refractivity contribution in [2.24, 2.45) is 0 Å². The van der Waals surface area contributed by atoms with Gasteiger partial charge in [-0.2, -0.15) is 4.68 Å². The first-order valence-corrected chi connectivity index (χ1v) is 7.69. The maximum Gasteiger partial charge on any atom is 0.315 e. The van der Waals surface area contributed by atoms with Crippen LogP contribution in [0.25, 0.3) is 5.69 Å². The molecule has 0 aliphatic rings. The molecule has 2 aromatic carbocycles. The summed E-state index contributed by atoms with van der Waals surface area (Å²) in [5.41, 5.74) is 1.80. The Labute approximate surface area is 143 Å². The molecule has 0 saturated carbocycles. The Morgan fingerprint density at radius 3 is 2.46 bits per heavy atom. The number of hydrogen-bond donors (Lipinski definition) is 2. The Bertz CT molecular complexity index is 803. The van der Waals surface area contributed by atoms with Gasteiger partial charge in [-0.3, -0.25) is 0 Å². The zero-order valence-electron chi connectivity index (χ0n) is 12.7. The van der Waals surface area contributed by atoms with Crippen LogP contribution in [0.5, 0.6) is 0 Å². The molecule has 0 fully saturated rings. The molecule has 7 nitrogen and oxygen atoms in total. The van der Waals surface area contributed by atoms with Crippen molar-refractivity contribution in [2.45, 2.75) is 13.1 Å². The van der Waals surface area contributed by atoms with Gasteiger partial charge in [0.1, 0.15) is 0 Å². The Balaban J connectivity index is 1.56. The molecule has 0 bridgehead atoms. The average Bonchev–Trinajstić information content (AvgIpc) is 3.08. The van der Waals surface area contributed by atoms with Crippen LogP contribution in [-0.4, -0.2) is 26.2 Å². The van der Waals surface area contributed by atoms with Gasteiger partial charge < -0.3 is 10.6 Å². The zero-order chi connectivity index (χ0) is 16.8. The summed E-state index contributed by atoms with van der Waals surface area (Å²) in [4.78, 5) is 11.9. The molecule has 122 valence electrons. The van der Waals surface area contributed by atoms with E-state index in [0.29, 0.717) is 17.4 Å². The second-order valence-electron chi connectivity index (χ2n) is 5.01. The van der Waals surface area contributed by atoms with E-state index in [1.54, 1.807) is 28.9 Å². The number of benzene rings is 2. The highest BCUT2D eigenvalue weighted by molar-refractivity contribution is 6.30. The van der Waals surface area contributed by atoms with Crippen molar-refractivity contribution in [1.29, 1.82) is 0 Å². The Hall–Kier alpha value is -2.93. The van der Waals surface area contributed by atoms with Gasteiger partial charge in [-0.15, -0.1) is 5.10 Å². The predicted octanol–water partition coefficient (Wildman–Crippen LogP) is 2.32. The fraction of sp³-hybridized carbons (Fsp3) is 0.125. The molecule has 2 amide bonds. The molecule has 3 rings (SSSR count). The minimum absolute atomic E-state index is 0.205. The highest BCUT2D eigenvalue weighted by Crippen LogP contribution is 2.13. The third-order valence-electron chi connectivity index (χ3n) is 3.31. The lowest BCUT2D eigenvalue weighted by Gasteiger charge is -2.08. The third kappa shape index (κ3) is 4.08. The van der Waals surface area contributed by atoms with Gasteiger partial charge in [0.15, 0.2) is 5.82 Å². The van der Waals surface area contributed by atoms with Gasteiger partial charge in [-0.1, -0.05) is 41.9 Å². The van der Waals surface area contributed by atoms with E-state index in [1.807, 2.05) is 30.3 Å². The lowest BCUT2D eigenvalue weighted by molar-refractivity contribution is 0.240. The maximum absolute atomic E-state index is 11.9. The van der Waals surface area contributed by atoms with Crippen molar-refractivity contribution in [1.82, 2.24) is 30.8 Å². The van der Waals surface area contributed by atoms with E-state index in [4.69, 9.17) is 11.6 Å². The summed E-state index contributed by atoms with van der Waals surface area (Å²) in [5.74, 6) is 0.521. The molecule has 3 aromatic rings. The van der Waals surface area contributed by atoms with Gasteiger partial charge in [0, 0.05) is 11.6 Å². The minimum Gasteiger partial charge on any atom is -0.334 e. The molecule has 0 atom stereocenters. The quantitative estimate of drug-likeness (QED) is 0.745. The summed E-state index contributed by atoms with van der Waals surface area (Å²) >= 11 is 5.87. The number of carbonyl (C=O) groups is 1. The van der Waals surface area contributed by atoms with Crippen molar-refractivity contribution in [3.8, 4) is 5.69 Å². The van der Waals surface area contributed by atoms with Crippen molar-refractivity contribution < 1.29 is 4.79 Å². The van der Waals surface area contributed by atoms with Crippen molar-refractivity contribution >= 4 is 17.6 Å². The predicted molar refractivity (Wildman–Crippen MR) is 89.7 cm³/mol. The lowest BCUT2D eigenvalue weighted by Crippen LogP contribution is -2.35. The van der Waals surface area contributed by atoms with Crippen LogP contribution in [0.1, 0.15) is 11.4 Å². The Kier molecular flexibility index (Phi) is 5.02. The van der Waals surface area contributed by atoms with E-state index in [1.165, 1.54) is 0 Å². The molecule has 24 heavy (non-hydrogen) atoms. The standard InChI is InChI=1S/C16H15ClN6O/c17-13-6-8-14(9-7-13)23-15(20-21-22-23)11-19-16(24)18-10-12-4-2-1-3-5-12/h1-9H,10-11H2,(H2,18,19,24). The molecule has 0 aliphatic heterocycles. The summed E-state index contributed by atoms with van der Waals surface area (Å²) in [7, 11) is 0. The van der Waals surface area contributed by atoms with Crippen molar-refractivity contribution in [2.75, 3.05) is 0 Å². The van der Waals surface area contributed by atoms with Gasteiger partial charge >= 0.3 is 6.03 Å². The normalized spacial score (nSPS) is 10.4. The zero-order valence-corrected chi connectivity index (χ0v) is 13.4. The fourth-order valence-corrected chi connectivity index (χ4v) is 2.22. The lowest BCUT2D eigenvalue weighted by atomic mass is 10.2. The summed E-state index contributed by atoms with van der Waals surface area (Å²) in [5, 5.41) is 17.7. The van der Waals surface area contributed by atoms with E-state index in [0.717, 1.165) is 11.3 Å². The van der Waals surface area contributed by atoms with Crippen LogP contribution in [0, 0.1) is 0 Å². The number of urea groups is 1. The molecule has 0 aliphatic carbocycles. The number of tetrazole rings is 1. The van der Waals surface area contributed by atoms with Gasteiger partial charge in [-0.25, -0.2) is 4.79 Å². The molecule has 0 radical (unpaired) electrons. The highest BCUT2D eigenvalue weighted by atomic mass is 35.5. The highest BCUT2D eigenvalue weighted by Gasteiger charge is 2.09. The largest absolute Gasteiger partial charge is 0.334 e. The number of nitrogens with one attached hydrogen (secondary N) is 2. The molecule has 2 N–H and O–H groups in total. The Morgan fingerprint density at radius 1 is 1.00 bits per heavy atom. The molecule has 0 saturated heterocycles. The second-order valence-corrected chi connectivity index (χ2v) is 5.44. The molecular weight excluding hydrogens is 328 g/mol. The summed E-state index contributed by atoms with van der Waals surface area (Å²) in [6.45, 7) is 0.658. The van der Waals surface area contributed by atoms with E-state index in [-0.39, 0.29) is 12.6 Å². The number of rotatable bonds is 5. The van der Waals surface area contributed by atoms with Gasteiger partial charge in [-0.05, 0) is 40.3 Å². The first-order chi connectivity index (χ1) is 11.7. The number of halogens is 1. The number of amides is 2. The van der Waals surface area contributed by atoms with Crippen LogP contribution in [0.15, 0.2) is 54.6 Å². The van der Waals surface area contributed by atoms with Crippen LogP contribution in [0.4, 0.5) is 4.79 Å². The summed E-state index contributed by atoms with van der Waals surface area (Å²) in [6.07, 6.45) is 0. The summed E-state index contributed by atoms with van der Waals surface area (Å²) in [6, 6.07) is 16.5. The molecule has 0 unspecified atom stereocenters. The Morgan fingerprint density at radius 2 is 1.71 bits per heavy atom. The first-order valence-electron chi connectivity index (χ1n) is 7.31. The van der Waals surface area contributed by atoms with Gasteiger partial charge in [0.05, 0.1) is 12.2 Å². The number of nitrogens with zero attached hydrogens (tertiary/aromatic N) is 4. The number of aromatic nitrogens is 4. The topological polar surface area (TPSA) is 84.7 Å². The van der Waals surface area contributed by atoms with Crippen LogP contribution in [-0.2, 0) is 13.1 Å². The van der Waals surface area contributed by atoms with Crippen LogP contribution in [0.3, 0.4) is 0 Å². The smallest absolute Gasteiger partial charge is 0.315 e. The molecule has 1 aromatic heterocycles. The van der Waals surface area contributed by atoms with E-state index < -0.39 is 0 Å². The molecular formula is C16H15ClN6O. The number of hydrogen-bond acceptors (Lipinski definition) is 4. The van der Waals surface area contributed by atoms with Crippen LogP contribution in [0.2, 0.25) is 5.02 Å². The van der Waals surface area contributed by atoms with E-state index in [9.17, 15) is 4.79 Å². The molecule has 0 spiro atoms.